The van der Waals surface area contributed by atoms with Gasteiger partial charge >= 0.3 is 0 Å². The van der Waals surface area contributed by atoms with Crippen LogP contribution in [0.3, 0.4) is 0 Å². The highest BCUT2D eigenvalue weighted by atomic mass is 15.1. The normalized spacial score (nSPS) is 26.6. The monoisotopic (exact) mass is 138 g/mol. The van der Waals surface area contributed by atoms with Crippen molar-refractivity contribution in [3.63, 3.8) is 0 Å². The van der Waals surface area contributed by atoms with Crippen LogP contribution >= 0.6 is 0 Å². The molecule has 1 aliphatic heterocycles. The zero-order chi connectivity index (χ0) is 7.40. The van der Waals surface area contributed by atoms with Gasteiger partial charge in [-0.2, -0.15) is 5.26 Å². The van der Waals surface area contributed by atoms with Crippen LogP contribution in [-0.2, 0) is 0 Å². The summed E-state index contributed by atoms with van der Waals surface area (Å²) >= 11 is 0. The zero-order valence-corrected chi connectivity index (χ0v) is 6.51. The van der Waals surface area contributed by atoms with Crippen LogP contribution in [-0.4, -0.2) is 24.5 Å². The summed E-state index contributed by atoms with van der Waals surface area (Å²) in [5.41, 5.74) is 0. The van der Waals surface area contributed by atoms with E-state index < -0.39 is 0 Å². The lowest BCUT2D eigenvalue weighted by atomic mass is 10.1. The van der Waals surface area contributed by atoms with Crippen molar-refractivity contribution >= 4 is 0 Å². The highest BCUT2D eigenvalue weighted by Gasteiger charge is 2.20. The average Bonchev–Trinajstić information content (AvgIpc) is 2.37. The first kappa shape index (κ1) is 7.56. The molecular weight excluding hydrogens is 124 g/mol. The van der Waals surface area contributed by atoms with E-state index in [0.717, 1.165) is 26.1 Å². The van der Waals surface area contributed by atoms with E-state index in [1.54, 1.807) is 0 Å². The van der Waals surface area contributed by atoms with E-state index in [0.29, 0.717) is 5.92 Å². The standard InChI is InChI=1S/C8H14N2/c1-2-4-10-5-3-8(6-9)7-10/h8H,2-5,7H2,1H3/t8-/m1/s1. The van der Waals surface area contributed by atoms with Crippen LogP contribution in [0, 0.1) is 17.2 Å². The Morgan fingerprint density at radius 3 is 3.00 bits per heavy atom. The maximum Gasteiger partial charge on any atom is 0.0669 e. The van der Waals surface area contributed by atoms with Crippen molar-refractivity contribution in [2.24, 2.45) is 5.92 Å². The van der Waals surface area contributed by atoms with E-state index in [9.17, 15) is 0 Å². The quantitative estimate of drug-likeness (QED) is 0.574. The molecule has 2 nitrogen and oxygen atoms in total. The van der Waals surface area contributed by atoms with Crippen LogP contribution in [0.1, 0.15) is 19.8 Å². The Hall–Kier alpha value is -0.550. The fourth-order valence-corrected chi connectivity index (χ4v) is 1.46. The molecular formula is C8H14N2. The van der Waals surface area contributed by atoms with Gasteiger partial charge in [0.15, 0.2) is 0 Å². The lowest BCUT2D eigenvalue weighted by Crippen LogP contribution is -2.20. The van der Waals surface area contributed by atoms with E-state index in [-0.39, 0.29) is 0 Å². The number of hydrogen-bond acceptors (Lipinski definition) is 2. The molecule has 0 aromatic heterocycles. The van der Waals surface area contributed by atoms with Gasteiger partial charge in [-0.25, -0.2) is 0 Å². The second-order valence-corrected chi connectivity index (χ2v) is 2.92. The maximum absolute atomic E-state index is 8.58. The highest BCUT2D eigenvalue weighted by molar-refractivity contribution is 4.90. The Kier molecular flexibility index (Phi) is 2.70. The molecule has 1 atom stereocenters. The molecule has 0 aliphatic carbocycles. The molecule has 0 amide bonds. The number of rotatable bonds is 2. The minimum absolute atomic E-state index is 0.312. The molecule has 56 valence electrons. The Morgan fingerprint density at radius 1 is 1.70 bits per heavy atom. The molecule has 0 aromatic rings. The van der Waals surface area contributed by atoms with Crippen molar-refractivity contribution in [3.8, 4) is 6.07 Å². The molecule has 0 spiro atoms. The van der Waals surface area contributed by atoms with Gasteiger partial charge in [0, 0.05) is 6.54 Å². The number of likely N-dealkylation sites (tertiary alicyclic amines) is 1. The van der Waals surface area contributed by atoms with Crippen LogP contribution in [0.15, 0.2) is 0 Å². The van der Waals surface area contributed by atoms with Gasteiger partial charge in [-0.1, -0.05) is 6.92 Å². The molecule has 1 saturated heterocycles. The van der Waals surface area contributed by atoms with Gasteiger partial charge in [-0.05, 0) is 25.9 Å². The van der Waals surface area contributed by atoms with Crippen molar-refractivity contribution < 1.29 is 0 Å². The van der Waals surface area contributed by atoms with Crippen molar-refractivity contribution in [1.82, 2.24) is 4.90 Å². The molecule has 0 bridgehead atoms. The van der Waals surface area contributed by atoms with Gasteiger partial charge < -0.3 is 4.90 Å². The van der Waals surface area contributed by atoms with Gasteiger partial charge in [0.05, 0.1) is 12.0 Å². The largest absolute Gasteiger partial charge is 0.302 e. The average molecular weight is 138 g/mol. The van der Waals surface area contributed by atoms with Crippen molar-refractivity contribution in [2.75, 3.05) is 19.6 Å². The van der Waals surface area contributed by atoms with E-state index >= 15 is 0 Å². The summed E-state index contributed by atoms with van der Waals surface area (Å²) in [6, 6.07) is 2.31. The minimum Gasteiger partial charge on any atom is -0.302 e. The maximum atomic E-state index is 8.58. The Labute approximate surface area is 62.4 Å². The fraction of sp³-hybridized carbons (Fsp3) is 0.875. The first-order chi connectivity index (χ1) is 4.86. The first-order valence-corrected chi connectivity index (χ1v) is 3.98. The Balaban J connectivity index is 2.23. The Morgan fingerprint density at radius 2 is 2.50 bits per heavy atom. The van der Waals surface area contributed by atoms with E-state index in [1.807, 2.05) is 0 Å². The van der Waals surface area contributed by atoms with E-state index in [2.05, 4.69) is 17.9 Å². The summed E-state index contributed by atoms with van der Waals surface area (Å²) in [5.74, 6) is 0.312. The van der Waals surface area contributed by atoms with Crippen LogP contribution in [0.4, 0.5) is 0 Å². The molecule has 0 saturated carbocycles. The summed E-state index contributed by atoms with van der Waals surface area (Å²) < 4.78 is 0. The number of hydrogen-bond donors (Lipinski definition) is 0. The van der Waals surface area contributed by atoms with Gasteiger partial charge in [-0.15, -0.1) is 0 Å². The predicted octanol–water partition coefficient (Wildman–Crippen LogP) is 1.24. The number of nitrogens with zero attached hydrogens (tertiary/aromatic N) is 2. The first-order valence-electron chi connectivity index (χ1n) is 3.98. The van der Waals surface area contributed by atoms with Crippen molar-refractivity contribution in [1.29, 1.82) is 5.26 Å². The third-order valence-corrected chi connectivity index (χ3v) is 1.99. The smallest absolute Gasteiger partial charge is 0.0669 e. The molecule has 0 radical (unpaired) electrons. The summed E-state index contributed by atoms with van der Waals surface area (Å²) in [4.78, 5) is 2.37. The summed E-state index contributed by atoms with van der Waals surface area (Å²) in [7, 11) is 0. The number of nitriles is 1. The molecule has 10 heavy (non-hydrogen) atoms. The lowest BCUT2D eigenvalue weighted by Gasteiger charge is -2.11. The van der Waals surface area contributed by atoms with Gasteiger partial charge in [-0.3, -0.25) is 0 Å². The SMILES string of the molecule is CCCN1CC[C@H](C#N)C1. The fourth-order valence-electron chi connectivity index (χ4n) is 1.46. The lowest BCUT2D eigenvalue weighted by molar-refractivity contribution is 0.333. The van der Waals surface area contributed by atoms with Crippen LogP contribution in [0.25, 0.3) is 0 Å². The summed E-state index contributed by atoms with van der Waals surface area (Å²) in [6.45, 7) is 5.48. The molecule has 1 rings (SSSR count). The summed E-state index contributed by atoms with van der Waals surface area (Å²) in [5, 5.41) is 8.58. The van der Waals surface area contributed by atoms with E-state index in [4.69, 9.17) is 5.26 Å². The zero-order valence-electron chi connectivity index (χ0n) is 6.51. The molecule has 2 heteroatoms. The summed E-state index contributed by atoms with van der Waals surface area (Å²) in [6.07, 6.45) is 2.29. The Bertz CT molecular complexity index is 137. The highest BCUT2D eigenvalue weighted by Crippen LogP contribution is 2.14. The second kappa shape index (κ2) is 3.58. The molecule has 1 aliphatic rings. The van der Waals surface area contributed by atoms with Crippen LogP contribution in [0.2, 0.25) is 0 Å². The third kappa shape index (κ3) is 1.71. The van der Waals surface area contributed by atoms with Crippen LogP contribution < -0.4 is 0 Å². The van der Waals surface area contributed by atoms with Crippen molar-refractivity contribution in [2.45, 2.75) is 19.8 Å². The second-order valence-electron chi connectivity index (χ2n) is 2.92. The topological polar surface area (TPSA) is 27.0 Å². The van der Waals surface area contributed by atoms with Crippen LogP contribution in [0.5, 0.6) is 0 Å². The van der Waals surface area contributed by atoms with Gasteiger partial charge in [0.1, 0.15) is 0 Å². The molecule has 1 heterocycles. The predicted molar refractivity (Wildman–Crippen MR) is 40.5 cm³/mol. The van der Waals surface area contributed by atoms with Crippen molar-refractivity contribution in [3.05, 3.63) is 0 Å². The van der Waals surface area contributed by atoms with E-state index in [1.165, 1.54) is 6.42 Å². The molecule has 0 aromatic carbocycles. The molecule has 1 fully saturated rings. The molecule has 0 unspecified atom stereocenters. The minimum atomic E-state index is 0.312. The molecule has 0 N–H and O–H groups in total. The third-order valence-electron chi connectivity index (χ3n) is 1.99. The van der Waals surface area contributed by atoms with Gasteiger partial charge in [0.25, 0.3) is 0 Å². The van der Waals surface area contributed by atoms with Gasteiger partial charge in [0.2, 0.25) is 0 Å².